The van der Waals surface area contributed by atoms with Crippen LogP contribution in [0, 0.1) is 0 Å². The molecule has 0 amide bonds. The Morgan fingerprint density at radius 2 is 2.11 bits per heavy atom. The lowest BCUT2D eigenvalue weighted by Gasteiger charge is -2.39. The van der Waals surface area contributed by atoms with Crippen LogP contribution in [-0.4, -0.2) is 26.5 Å². The van der Waals surface area contributed by atoms with Crippen molar-refractivity contribution < 1.29 is 14.0 Å². The summed E-state index contributed by atoms with van der Waals surface area (Å²) in [5, 5.41) is 0.213. The molecule has 0 N–H and O–H groups in total. The number of cyclic esters (lactones) is 1. The van der Waals surface area contributed by atoms with Crippen LogP contribution in [0.1, 0.15) is 40.5 Å². The second kappa shape index (κ2) is 5.57. The van der Waals surface area contributed by atoms with E-state index >= 15 is 0 Å². The minimum atomic E-state index is -1.73. The zero-order valence-corrected chi connectivity index (χ0v) is 13.4. The van der Waals surface area contributed by atoms with Crippen LogP contribution in [0.25, 0.3) is 0 Å². The zero-order valence-electron chi connectivity index (χ0n) is 12.4. The van der Waals surface area contributed by atoms with Gasteiger partial charge in [-0.3, -0.25) is 0 Å². The quantitative estimate of drug-likeness (QED) is 0.578. The van der Waals surface area contributed by atoms with Gasteiger partial charge in [-0.1, -0.05) is 26.8 Å². The molecule has 0 saturated heterocycles. The summed E-state index contributed by atoms with van der Waals surface area (Å²) >= 11 is 0. The van der Waals surface area contributed by atoms with E-state index in [0.717, 1.165) is 12.8 Å². The normalized spacial score (nSPS) is 22.8. The molecule has 4 heteroatoms. The molecule has 1 rings (SSSR count). The second-order valence-corrected chi connectivity index (χ2v) is 11.4. The van der Waals surface area contributed by atoms with Gasteiger partial charge in [0.05, 0.1) is 0 Å². The van der Waals surface area contributed by atoms with E-state index in [9.17, 15) is 4.79 Å². The van der Waals surface area contributed by atoms with E-state index < -0.39 is 8.32 Å². The number of esters is 1. The average molecular weight is 270 g/mol. The van der Waals surface area contributed by atoms with E-state index in [1.54, 1.807) is 0 Å². The molecule has 1 aliphatic heterocycles. The van der Waals surface area contributed by atoms with Crippen molar-refractivity contribution >= 4 is 14.3 Å². The van der Waals surface area contributed by atoms with Crippen molar-refractivity contribution in [3.8, 4) is 0 Å². The van der Waals surface area contributed by atoms with E-state index in [0.29, 0.717) is 0 Å². The van der Waals surface area contributed by atoms with Gasteiger partial charge in [-0.15, -0.1) is 0 Å². The average Bonchev–Trinajstić information content (AvgIpc) is 2.14. The summed E-state index contributed by atoms with van der Waals surface area (Å²) in [6, 6.07) is 0. The van der Waals surface area contributed by atoms with E-state index in [2.05, 4.69) is 40.8 Å². The standard InChI is InChI=1S/C14H26O3Si/c1-11(17-18(5,6)14(2,3)4)10-12-8-7-9-13(15)16-12/h7,9,11-12H,8,10H2,1-6H3/t11-,12+/m1/s1. The van der Waals surface area contributed by atoms with Gasteiger partial charge >= 0.3 is 5.97 Å². The first-order chi connectivity index (χ1) is 8.12. The molecule has 0 aromatic carbocycles. The highest BCUT2D eigenvalue weighted by Gasteiger charge is 2.38. The molecule has 0 aliphatic carbocycles. The third kappa shape index (κ3) is 4.25. The number of hydrogen-bond donors (Lipinski definition) is 0. The monoisotopic (exact) mass is 270 g/mol. The fourth-order valence-electron chi connectivity index (χ4n) is 1.81. The Bertz CT molecular complexity index is 328. The summed E-state index contributed by atoms with van der Waals surface area (Å²) < 4.78 is 11.5. The van der Waals surface area contributed by atoms with Gasteiger partial charge < -0.3 is 9.16 Å². The van der Waals surface area contributed by atoms with Crippen LogP contribution in [0.15, 0.2) is 12.2 Å². The molecular weight excluding hydrogens is 244 g/mol. The summed E-state index contributed by atoms with van der Waals surface area (Å²) in [5.74, 6) is -0.231. The molecule has 104 valence electrons. The highest BCUT2D eigenvalue weighted by molar-refractivity contribution is 6.74. The molecule has 0 saturated carbocycles. The number of ether oxygens (including phenoxy) is 1. The largest absolute Gasteiger partial charge is 0.459 e. The predicted molar refractivity (Wildman–Crippen MR) is 76.0 cm³/mol. The van der Waals surface area contributed by atoms with Gasteiger partial charge in [0.1, 0.15) is 6.10 Å². The van der Waals surface area contributed by atoms with Gasteiger partial charge in [0.15, 0.2) is 8.32 Å². The maximum atomic E-state index is 11.2. The summed E-state index contributed by atoms with van der Waals surface area (Å²) in [4.78, 5) is 11.2. The molecule has 0 bridgehead atoms. The first kappa shape index (κ1) is 15.4. The molecule has 1 aliphatic rings. The molecule has 18 heavy (non-hydrogen) atoms. The number of carbonyl (C=O) groups excluding carboxylic acids is 1. The number of rotatable bonds is 4. The van der Waals surface area contributed by atoms with E-state index in [1.165, 1.54) is 6.08 Å². The smallest absolute Gasteiger partial charge is 0.330 e. The Hall–Kier alpha value is -0.613. The lowest BCUT2D eigenvalue weighted by Crippen LogP contribution is -2.44. The van der Waals surface area contributed by atoms with Crippen molar-refractivity contribution in [2.24, 2.45) is 0 Å². The molecule has 0 unspecified atom stereocenters. The topological polar surface area (TPSA) is 35.5 Å². The number of carbonyl (C=O) groups is 1. The minimum absolute atomic E-state index is 0.0257. The minimum Gasteiger partial charge on any atom is -0.459 e. The summed E-state index contributed by atoms with van der Waals surface area (Å²) in [5.41, 5.74) is 0. The van der Waals surface area contributed by atoms with E-state index in [4.69, 9.17) is 9.16 Å². The summed E-state index contributed by atoms with van der Waals surface area (Å²) in [6.45, 7) is 13.3. The third-order valence-electron chi connectivity index (χ3n) is 3.83. The van der Waals surface area contributed by atoms with E-state index in [1.807, 2.05) is 6.08 Å². The highest BCUT2D eigenvalue weighted by Crippen LogP contribution is 2.37. The van der Waals surface area contributed by atoms with E-state index in [-0.39, 0.29) is 23.2 Å². The van der Waals surface area contributed by atoms with Crippen LogP contribution >= 0.6 is 0 Å². The van der Waals surface area contributed by atoms with Gasteiger partial charge in [0, 0.05) is 25.0 Å². The van der Waals surface area contributed by atoms with Crippen molar-refractivity contribution in [1.29, 1.82) is 0 Å². The molecule has 0 aromatic heterocycles. The Morgan fingerprint density at radius 3 is 2.61 bits per heavy atom. The summed E-state index contributed by atoms with van der Waals surface area (Å²) in [6.07, 6.45) is 5.07. The SMILES string of the molecule is C[C@H](C[C@@H]1CC=CC(=O)O1)O[Si](C)(C)C(C)(C)C. The van der Waals surface area contributed by atoms with Crippen LogP contribution in [0.5, 0.6) is 0 Å². The number of hydrogen-bond acceptors (Lipinski definition) is 3. The molecule has 3 nitrogen and oxygen atoms in total. The highest BCUT2D eigenvalue weighted by atomic mass is 28.4. The first-order valence-electron chi connectivity index (χ1n) is 6.67. The van der Waals surface area contributed by atoms with Crippen LogP contribution in [0.4, 0.5) is 0 Å². The van der Waals surface area contributed by atoms with Crippen molar-refractivity contribution in [3.05, 3.63) is 12.2 Å². The Labute approximate surface area is 112 Å². The van der Waals surface area contributed by atoms with Gasteiger partial charge in [-0.05, 0) is 25.1 Å². The van der Waals surface area contributed by atoms with Crippen LogP contribution in [-0.2, 0) is 14.0 Å². The summed E-state index contributed by atoms with van der Waals surface area (Å²) in [7, 11) is -1.73. The van der Waals surface area contributed by atoms with Crippen LogP contribution < -0.4 is 0 Å². The molecule has 0 fully saturated rings. The molecule has 1 heterocycles. The predicted octanol–water partition coefficient (Wildman–Crippen LogP) is 3.66. The lowest BCUT2D eigenvalue weighted by molar-refractivity contribution is -0.145. The van der Waals surface area contributed by atoms with Gasteiger partial charge in [-0.2, -0.15) is 0 Å². The second-order valence-electron chi connectivity index (χ2n) is 6.62. The van der Waals surface area contributed by atoms with Gasteiger partial charge in [-0.25, -0.2) is 4.79 Å². The maximum Gasteiger partial charge on any atom is 0.330 e. The fourth-order valence-corrected chi connectivity index (χ4v) is 3.27. The van der Waals surface area contributed by atoms with Gasteiger partial charge in [0.2, 0.25) is 0 Å². The Balaban J connectivity index is 2.49. The zero-order chi connectivity index (χ0) is 14.0. The van der Waals surface area contributed by atoms with Crippen LogP contribution in [0.3, 0.4) is 0 Å². The first-order valence-corrected chi connectivity index (χ1v) is 9.57. The van der Waals surface area contributed by atoms with Crippen molar-refractivity contribution in [2.45, 2.75) is 70.9 Å². The van der Waals surface area contributed by atoms with Crippen LogP contribution in [0.2, 0.25) is 18.1 Å². The molecule has 0 radical (unpaired) electrons. The molecular formula is C14H26O3Si. The molecule has 0 spiro atoms. The maximum absolute atomic E-state index is 11.2. The van der Waals surface area contributed by atoms with Crippen molar-refractivity contribution in [3.63, 3.8) is 0 Å². The lowest BCUT2D eigenvalue weighted by atomic mass is 10.1. The fraction of sp³-hybridized carbons (Fsp3) is 0.786. The van der Waals surface area contributed by atoms with Gasteiger partial charge in [0.25, 0.3) is 0 Å². The Kier molecular flexibility index (Phi) is 4.78. The molecule has 0 aromatic rings. The van der Waals surface area contributed by atoms with Crippen molar-refractivity contribution in [2.75, 3.05) is 0 Å². The van der Waals surface area contributed by atoms with Crippen molar-refractivity contribution in [1.82, 2.24) is 0 Å². The Morgan fingerprint density at radius 1 is 1.50 bits per heavy atom. The molecule has 2 atom stereocenters. The third-order valence-corrected chi connectivity index (χ3v) is 8.44.